The molecule has 1 aliphatic rings. The van der Waals surface area contributed by atoms with Crippen LogP contribution in [-0.4, -0.2) is 43.8 Å². The SMILES string of the molecule is Cc1noc(C)c1CN1CCC=C(c2nn[nH]n2)C1. The molecule has 1 N–H and O–H groups in total. The average Bonchev–Trinajstić information content (AvgIpc) is 3.05. The predicted molar refractivity (Wildman–Crippen MR) is 68.0 cm³/mol. The zero-order chi connectivity index (χ0) is 13.2. The van der Waals surface area contributed by atoms with E-state index in [1.807, 2.05) is 13.8 Å². The minimum atomic E-state index is 0.684. The molecule has 0 saturated carbocycles. The van der Waals surface area contributed by atoms with E-state index in [-0.39, 0.29) is 0 Å². The van der Waals surface area contributed by atoms with Crippen molar-refractivity contribution in [2.75, 3.05) is 13.1 Å². The second-order valence-corrected chi connectivity index (χ2v) is 4.77. The number of tetrazole rings is 1. The van der Waals surface area contributed by atoms with Crippen LogP contribution in [-0.2, 0) is 6.54 Å². The summed E-state index contributed by atoms with van der Waals surface area (Å²) in [6.45, 7) is 6.62. The summed E-state index contributed by atoms with van der Waals surface area (Å²) in [4.78, 5) is 2.35. The summed E-state index contributed by atoms with van der Waals surface area (Å²) in [5.74, 6) is 1.58. The molecule has 0 spiro atoms. The molecule has 0 aliphatic carbocycles. The quantitative estimate of drug-likeness (QED) is 0.889. The van der Waals surface area contributed by atoms with Crippen molar-refractivity contribution in [2.24, 2.45) is 0 Å². The van der Waals surface area contributed by atoms with E-state index in [9.17, 15) is 0 Å². The largest absolute Gasteiger partial charge is 0.361 e. The lowest BCUT2D eigenvalue weighted by molar-refractivity contribution is 0.293. The Bertz CT molecular complexity index is 566. The zero-order valence-corrected chi connectivity index (χ0v) is 11.1. The molecule has 0 saturated heterocycles. The standard InChI is InChI=1S/C12H16N6O/c1-8-11(9(2)19-15-8)7-18-5-3-4-10(6-18)12-13-16-17-14-12/h4H,3,5-7H2,1-2H3,(H,13,14,16,17). The Balaban J connectivity index is 1.73. The van der Waals surface area contributed by atoms with E-state index < -0.39 is 0 Å². The number of aromatic amines is 1. The van der Waals surface area contributed by atoms with Crippen LogP contribution >= 0.6 is 0 Å². The molecule has 0 aromatic carbocycles. The number of rotatable bonds is 3. The molecule has 7 nitrogen and oxygen atoms in total. The lowest BCUT2D eigenvalue weighted by Gasteiger charge is -2.25. The van der Waals surface area contributed by atoms with Crippen LogP contribution in [0.25, 0.3) is 5.57 Å². The molecule has 2 aromatic rings. The third-order valence-electron chi connectivity index (χ3n) is 3.43. The summed E-state index contributed by atoms with van der Waals surface area (Å²) in [5, 5.41) is 18.2. The number of H-pyrrole nitrogens is 1. The van der Waals surface area contributed by atoms with Gasteiger partial charge in [-0.15, -0.1) is 10.2 Å². The molecule has 3 heterocycles. The first-order valence-electron chi connectivity index (χ1n) is 6.31. The monoisotopic (exact) mass is 260 g/mol. The minimum absolute atomic E-state index is 0.684. The van der Waals surface area contributed by atoms with Crippen molar-refractivity contribution in [3.63, 3.8) is 0 Å². The molecule has 19 heavy (non-hydrogen) atoms. The Morgan fingerprint density at radius 1 is 1.42 bits per heavy atom. The summed E-state index contributed by atoms with van der Waals surface area (Å²) in [5.41, 5.74) is 3.26. The van der Waals surface area contributed by atoms with Crippen molar-refractivity contribution in [1.29, 1.82) is 0 Å². The average molecular weight is 260 g/mol. The van der Waals surface area contributed by atoms with Crippen LogP contribution < -0.4 is 0 Å². The van der Waals surface area contributed by atoms with Gasteiger partial charge >= 0.3 is 0 Å². The fourth-order valence-corrected chi connectivity index (χ4v) is 2.35. The molecule has 3 rings (SSSR count). The summed E-state index contributed by atoms with van der Waals surface area (Å²) in [6.07, 6.45) is 3.17. The zero-order valence-electron chi connectivity index (χ0n) is 11.1. The first-order chi connectivity index (χ1) is 9.24. The number of hydrogen-bond donors (Lipinski definition) is 1. The van der Waals surface area contributed by atoms with Crippen LogP contribution in [0.5, 0.6) is 0 Å². The van der Waals surface area contributed by atoms with E-state index >= 15 is 0 Å². The first-order valence-corrected chi connectivity index (χ1v) is 6.31. The topological polar surface area (TPSA) is 83.7 Å². The molecule has 0 atom stereocenters. The van der Waals surface area contributed by atoms with Gasteiger partial charge in [0.1, 0.15) is 5.76 Å². The summed E-state index contributed by atoms with van der Waals surface area (Å²) in [7, 11) is 0. The van der Waals surface area contributed by atoms with Gasteiger partial charge in [-0.1, -0.05) is 11.2 Å². The molecule has 0 unspecified atom stereocenters. The summed E-state index contributed by atoms with van der Waals surface area (Å²) < 4.78 is 5.20. The number of hydrogen-bond acceptors (Lipinski definition) is 6. The molecule has 2 aromatic heterocycles. The van der Waals surface area contributed by atoms with Crippen LogP contribution in [0.2, 0.25) is 0 Å². The van der Waals surface area contributed by atoms with Crippen LogP contribution in [0.4, 0.5) is 0 Å². The molecule has 0 radical (unpaired) electrons. The van der Waals surface area contributed by atoms with E-state index in [1.165, 1.54) is 5.56 Å². The van der Waals surface area contributed by atoms with E-state index in [1.54, 1.807) is 0 Å². The van der Waals surface area contributed by atoms with Crippen molar-refractivity contribution in [2.45, 2.75) is 26.8 Å². The van der Waals surface area contributed by atoms with Crippen LogP contribution in [0.1, 0.15) is 29.3 Å². The van der Waals surface area contributed by atoms with Gasteiger partial charge in [-0.25, -0.2) is 0 Å². The van der Waals surface area contributed by atoms with Gasteiger partial charge in [0.25, 0.3) is 0 Å². The van der Waals surface area contributed by atoms with Gasteiger partial charge in [0.15, 0.2) is 0 Å². The van der Waals surface area contributed by atoms with Crippen LogP contribution in [0.3, 0.4) is 0 Å². The third-order valence-corrected chi connectivity index (χ3v) is 3.43. The van der Waals surface area contributed by atoms with E-state index in [0.717, 1.165) is 43.1 Å². The molecular formula is C12H16N6O. The van der Waals surface area contributed by atoms with Crippen molar-refractivity contribution in [3.05, 3.63) is 28.9 Å². The van der Waals surface area contributed by atoms with Gasteiger partial charge in [0.2, 0.25) is 5.82 Å². The number of aryl methyl sites for hydroxylation is 2. The highest BCUT2D eigenvalue weighted by molar-refractivity contribution is 5.61. The van der Waals surface area contributed by atoms with Crippen molar-refractivity contribution < 1.29 is 4.52 Å². The maximum Gasteiger partial charge on any atom is 0.201 e. The third kappa shape index (κ3) is 2.41. The second-order valence-electron chi connectivity index (χ2n) is 4.77. The molecule has 0 fully saturated rings. The smallest absolute Gasteiger partial charge is 0.201 e. The molecule has 1 aliphatic heterocycles. The lowest BCUT2D eigenvalue weighted by atomic mass is 10.1. The first kappa shape index (κ1) is 12.0. The number of aromatic nitrogens is 5. The van der Waals surface area contributed by atoms with Crippen LogP contribution in [0.15, 0.2) is 10.6 Å². The summed E-state index contributed by atoms with van der Waals surface area (Å²) >= 11 is 0. The normalized spacial score (nSPS) is 16.6. The maximum absolute atomic E-state index is 5.20. The van der Waals surface area contributed by atoms with Gasteiger partial charge in [-0.2, -0.15) is 5.21 Å². The Morgan fingerprint density at radius 2 is 2.32 bits per heavy atom. The fourth-order valence-electron chi connectivity index (χ4n) is 2.35. The van der Waals surface area contributed by atoms with Crippen LogP contribution in [0, 0.1) is 13.8 Å². The number of nitrogens with one attached hydrogen (secondary N) is 1. The van der Waals surface area contributed by atoms with E-state index in [0.29, 0.717) is 5.82 Å². The predicted octanol–water partition coefficient (Wildman–Crippen LogP) is 1.09. The van der Waals surface area contributed by atoms with Gasteiger partial charge in [-0.05, 0) is 25.5 Å². The summed E-state index contributed by atoms with van der Waals surface area (Å²) in [6, 6.07) is 0. The molecule has 7 heteroatoms. The fraction of sp³-hybridized carbons (Fsp3) is 0.500. The van der Waals surface area contributed by atoms with E-state index in [2.05, 4.69) is 36.8 Å². The number of nitrogens with zero attached hydrogens (tertiary/aromatic N) is 5. The van der Waals surface area contributed by atoms with Gasteiger partial charge in [0, 0.05) is 30.8 Å². The Labute approximate surface area is 110 Å². The van der Waals surface area contributed by atoms with Crippen molar-refractivity contribution >= 4 is 5.57 Å². The Kier molecular flexibility index (Phi) is 3.12. The highest BCUT2D eigenvalue weighted by Gasteiger charge is 2.19. The Hall–Kier alpha value is -2.02. The van der Waals surface area contributed by atoms with Gasteiger partial charge in [0.05, 0.1) is 5.69 Å². The molecule has 100 valence electrons. The highest BCUT2D eigenvalue weighted by atomic mass is 16.5. The van der Waals surface area contributed by atoms with Crippen molar-refractivity contribution in [1.82, 2.24) is 30.7 Å². The molecule has 0 bridgehead atoms. The molecule has 0 amide bonds. The Morgan fingerprint density at radius 3 is 3.00 bits per heavy atom. The maximum atomic E-state index is 5.20. The van der Waals surface area contributed by atoms with Gasteiger partial charge in [-0.3, -0.25) is 4.90 Å². The lowest BCUT2D eigenvalue weighted by Crippen LogP contribution is -2.29. The molecular weight excluding hydrogens is 244 g/mol. The second kappa shape index (κ2) is 4.93. The highest BCUT2D eigenvalue weighted by Crippen LogP contribution is 2.21. The van der Waals surface area contributed by atoms with Crippen molar-refractivity contribution in [3.8, 4) is 0 Å². The minimum Gasteiger partial charge on any atom is -0.361 e. The van der Waals surface area contributed by atoms with E-state index in [4.69, 9.17) is 4.52 Å². The van der Waals surface area contributed by atoms with Gasteiger partial charge < -0.3 is 4.52 Å².